The monoisotopic (exact) mass is 557 g/mol. The highest BCUT2D eigenvalue weighted by atomic mass is 32.2. The summed E-state index contributed by atoms with van der Waals surface area (Å²) in [6, 6.07) is 23.2. The third kappa shape index (κ3) is 7.03. The van der Waals surface area contributed by atoms with Crippen molar-refractivity contribution in [2.75, 3.05) is 38.3 Å². The molecule has 4 aromatic rings. The van der Waals surface area contributed by atoms with E-state index in [2.05, 4.69) is 4.90 Å². The first kappa shape index (κ1) is 29.6. The van der Waals surface area contributed by atoms with Crippen molar-refractivity contribution in [1.82, 2.24) is 9.47 Å². The van der Waals surface area contributed by atoms with Crippen molar-refractivity contribution in [2.24, 2.45) is 0 Å². The van der Waals surface area contributed by atoms with E-state index in [1.54, 1.807) is 28.5 Å². The van der Waals surface area contributed by atoms with Crippen LogP contribution < -0.4 is 15.9 Å². The van der Waals surface area contributed by atoms with Gasteiger partial charge in [0.25, 0.3) is 5.56 Å². The number of carbonyl (C=O) groups is 1. The summed E-state index contributed by atoms with van der Waals surface area (Å²) < 4.78 is 1.71. The molecule has 0 unspecified atom stereocenters. The second-order valence-electron chi connectivity index (χ2n) is 10.2. The smallest absolute Gasteiger partial charge is 0.423 e. The fraction of sp³-hybridized carbons (Fsp3) is 0.290. The van der Waals surface area contributed by atoms with Gasteiger partial charge in [0.1, 0.15) is 0 Å². The number of pyridine rings is 1. The van der Waals surface area contributed by atoms with Crippen LogP contribution in [-0.4, -0.2) is 66.4 Å². The zero-order chi connectivity index (χ0) is 28.6. The van der Waals surface area contributed by atoms with Crippen LogP contribution in [0.5, 0.6) is 0 Å². The fourth-order valence-electron chi connectivity index (χ4n) is 4.92. The lowest BCUT2D eigenvalue weighted by atomic mass is 9.77. The van der Waals surface area contributed by atoms with Crippen molar-refractivity contribution in [3.63, 3.8) is 0 Å². The molecule has 7 nitrogen and oxygen atoms in total. The van der Waals surface area contributed by atoms with Gasteiger partial charge in [-0.15, -0.1) is 0 Å². The van der Waals surface area contributed by atoms with Crippen LogP contribution in [0.4, 0.5) is 5.69 Å². The Labute approximate surface area is 240 Å². The van der Waals surface area contributed by atoms with Crippen LogP contribution in [0.15, 0.2) is 77.6 Å². The molecule has 0 aliphatic carbocycles. The average molecular weight is 558 g/mol. The van der Waals surface area contributed by atoms with Gasteiger partial charge in [-0.1, -0.05) is 60.7 Å². The van der Waals surface area contributed by atoms with Crippen LogP contribution in [0, 0.1) is 0 Å². The molecule has 1 aromatic heterocycles. The summed E-state index contributed by atoms with van der Waals surface area (Å²) in [6.07, 6.45) is 1.62. The summed E-state index contributed by atoms with van der Waals surface area (Å²) in [7, 11) is 4.47. The summed E-state index contributed by atoms with van der Waals surface area (Å²) in [5, 5.41) is 20.2. The van der Waals surface area contributed by atoms with Gasteiger partial charge in [0.05, 0.1) is 17.6 Å². The zero-order valence-electron chi connectivity index (χ0n) is 23.3. The minimum absolute atomic E-state index is 0.227. The molecule has 0 bridgehead atoms. The van der Waals surface area contributed by atoms with Crippen molar-refractivity contribution >= 4 is 47.2 Å². The number of anilines is 1. The van der Waals surface area contributed by atoms with Crippen LogP contribution >= 0.6 is 11.8 Å². The summed E-state index contributed by atoms with van der Waals surface area (Å²) in [5.74, 6) is 1.42. The molecule has 208 valence electrons. The standard InChI is InChI=1S/C31H36BN3O4S/c1-33(2)25-14-15-26-28(22-40-17-9-16-34(3)20-24-12-7-8-13-29(24)32(38)39)27(21-36)31(37)35(30(26)18-25)19-23-10-5-4-6-11-23/h4-8,10-15,18,21,38-39H,9,16-17,19-20,22H2,1-3H3. The predicted octanol–water partition coefficient (Wildman–Crippen LogP) is 3.36. The highest BCUT2D eigenvalue weighted by molar-refractivity contribution is 7.98. The van der Waals surface area contributed by atoms with E-state index in [1.807, 2.05) is 86.7 Å². The Bertz CT molecular complexity index is 1510. The molecular weight excluding hydrogens is 521 g/mol. The van der Waals surface area contributed by atoms with Crippen molar-refractivity contribution in [3.05, 3.63) is 105 Å². The first-order valence-corrected chi connectivity index (χ1v) is 14.5. The maximum Gasteiger partial charge on any atom is 0.488 e. The molecule has 0 atom stereocenters. The topological polar surface area (TPSA) is 86.0 Å². The van der Waals surface area contributed by atoms with E-state index in [0.29, 0.717) is 30.6 Å². The van der Waals surface area contributed by atoms with Gasteiger partial charge in [0.2, 0.25) is 0 Å². The molecule has 0 fully saturated rings. The second-order valence-corrected chi connectivity index (χ2v) is 11.3. The van der Waals surface area contributed by atoms with Crippen LogP contribution in [0.25, 0.3) is 10.9 Å². The lowest BCUT2D eigenvalue weighted by Crippen LogP contribution is -2.35. The van der Waals surface area contributed by atoms with Gasteiger partial charge in [-0.05, 0) is 60.1 Å². The number of benzene rings is 3. The Morgan fingerprint density at radius 3 is 2.40 bits per heavy atom. The first-order chi connectivity index (χ1) is 19.3. The Morgan fingerprint density at radius 2 is 1.70 bits per heavy atom. The summed E-state index contributed by atoms with van der Waals surface area (Å²) in [4.78, 5) is 30.0. The van der Waals surface area contributed by atoms with Crippen LogP contribution in [0.2, 0.25) is 0 Å². The minimum atomic E-state index is -1.49. The minimum Gasteiger partial charge on any atom is -0.423 e. The highest BCUT2D eigenvalue weighted by Gasteiger charge is 2.18. The number of thioether (sulfide) groups is 1. The number of hydrogen-bond donors (Lipinski definition) is 2. The zero-order valence-corrected chi connectivity index (χ0v) is 24.1. The van der Waals surface area contributed by atoms with Crippen molar-refractivity contribution in [2.45, 2.75) is 25.3 Å². The van der Waals surface area contributed by atoms with Crippen LogP contribution in [-0.2, 0) is 18.8 Å². The van der Waals surface area contributed by atoms with E-state index in [4.69, 9.17) is 0 Å². The van der Waals surface area contributed by atoms with Crippen molar-refractivity contribution < 1.29 is 14.8 Å². The lowest BCUT2D eigenvalue weighted by molar-refractivity contribution is 0.112. The molecular formula is C31H36BN3O4S. The molecule has 0 aliphatic heterocycles. The normalized spacial score (nSPS) is 11.2. The largest absolute Gasteiger partial charge is 0.488 e. The predicted molar refractivity (Wildman–Crippen MR) is 167 cm³/mol. The van der Waals surface area contributed by atoms with Crippen LogP contribution in [0.1, 0.15) is 33.5 Å². The van der Waals surface area contributed by atoms with Gasteiger partial charge in [0.15, 0.2) is 6.29 Å². The number of nitrogens with zero attached hydrogens (tertiary/aromatic N) is 3. The molecule has 1 heterocycles. The summed E-state index contributed by atoms with van der Waals surface area (Å²) in [6.45, 7) is 1.84. The Kier molecular flexibility index (Phi) is 10.2. The first-order valence-electron chi connectivity index (χ1n) is 13.4. The molecule has 2 N–H and O–H groups in total. The quantitative estimate of drug-likeness (QED) is 0.148. The maximum atomic E-state index is 13.6. The van der Waals surface area contributed by atoms with Crippen LogP contribution in [0.3, 0.4) is 0 Å². The number of rotatable bonds is 13. The van der Waals surface area contributed by atoms with E-state index in [9.17, 15) is 19.6 Å². The van der Waals surface area contributed by atoms with Crippen molar-refractivity contribution in [3.8, 4) is 0 Å². The van der Waals surface area contributed by atoms with E-state index < -0.39 is 7.12 Å². The number of hydrogen-bond acceptors (Lipinski definition) is 7. The van der Waals surface area contributed by atoms with Gasteiger partial charge in [-0.25, -0.2) is 0 Å². The maximum absolute atomic E-state index is 13.6. The van der Waals surface area contributed by atoms with Gasteiger partial charge in [-0.2, -0.15) is 11.8 Å². The van der Waals surface area contributed by atoms with Gasteiger partial charge >= 0.3 is 7.12 Å². The molecule has 0 amide bonds. The Morgan fingerprint density at radius 1 is 0.975 bits per heavy atom. The van der Waals surface area contributed by atoms with E-state index in [-0.39, 0.29) is 11.1 Å². The van der Waals surface area contributed by atoms with Gasteiger partial charge < -0.3 is 24.4 Å². The molecule has 0 saturated heterocycles. The molecule has 3 aromatic carbocycles. The number of carbonyl (C=O) groups excluding carboxylic acids is 1. The molecule has 4 rings (SSSR count). The summed E-state index contributed by atoms with van der Waals surface area (Å²) >= 11 is 1.71. The number of aromatic nitrogens is 1. The molecule has 9 heteroatoms. The number of aldehydes is 1. The van der Waals surface area contributed by atoms with Gasteiger partial charge in [0, 0.05) is 37.5 Å². The fourth-order valence-corrected chi connectivity index (χ4v) is 5.91. The third-order valence-electron chi connectivity index (χ3n) is 7.06. The van der Waals surface area contributed by atoms with E-state index in [0.717, 1.165) is 52.0 Å². The average Bonchev–Trinajstić information content (AvgIpc) is 2.95. The van der Waals surface area contributed by atoms with E-state index >= 15 is 0 Å². The molecule has 0 saturated carbocycles. The highest BCUT2D eigenvalue weighted by Crippen LogP contribution is 2.28. The van der Waals surface area contributed by atoms with E-state index in [1.165, 1.54) is 0 Å². The Hall–Kier alpha value is -3.37. The molecule has 40 heavy (non-hydrogen) atoms. The summed E-state index contributed by atoms with van der Waals surface area (Å²) in [5.41, 5.74) is 4.98. The molecule has 0 spiro atoms. The number of fused-ring (bicyclic) bond motifs is 1. The van der Waals surface area contributed by atoms with Crippen molar-refractivity contribution in [1.29, 1.82) is 0 Å². The molecule has 0 aliphatic rings. The third-order valence-corrected chi connectivity index (χ3v) is 8.13. The Balaban J connectivity index is 1.50. The SMILES string of the molecule is CN(CCCSCc1c(C=O)c(=O)n(Cc2ccccc2)c2cc(N(C)C)ccc12)Cc1ccccc1B(O)O. The molecule has 0 radical (unpaired) electrons. The second kappa shape index (κ2) is 13.8. The van der Waals surface area contributed by atoms with Gasteiger partial charge in [-0.3, -0.25) is 9.59 Å². The lowest BCUT2D eigenvalue weighted by Gasteiger charge is -2.20.